The molecular formula is C25H28ClF2N5O4S. The largest absolute Gasteiger partial charge is 0.483 e. The van der Waals surface area contributed by atoms with Crippen LogP contribution < -0.4 is 16.0 Å². The number of carbonyl (C=O) groups is 3. The molecule has 0 aliphatic heterocycles. The van der Waals surface area contributed by atoms with Gasteiger partial charge in [-0.05, 0) is 48.7 Å². The Labute approximate surface area is 227 Å². The average molecular weight is 568 g/mol. The molecule has 13 heteroatoms. The molecule has 0 fully saturated rings. The SMILES string of the molecule is CCCC(NC(=O)Cc1cc(F)cc(F)c1)C(=O)Nc1nnc(C(C)NCc2ccc(Cl)cc2)s1.O=CO. The number of hydrogen-bond acceptors (Lipinski definition) is 7. The Balaban J connectivity index is 0.00000161. The third-order valence-electron chi connectivity index (χ3n) is 5.08. The maximum absolute atomic E-state index is 13.4. The number of carboxylic acid groups (broad SMARTS) is 1. The molecule has 38 heavy (non-hydrogen) atoms. The van der Waals surface area contributed by atoms with Crippen LogP contribution in [0.4, 0.5) is 13.9 Å². The highest BCUT2D eigenvalue weighted by Gasteiger charge is 2.22. The lowest BCUT2D eigenvalue weighted by atomic mass is 10.1. The molecule has 0 saturated heterocycles. The van der Waals surface area contributed by atoms with E-state index in [2.05, 4.69) is 26.1 Å². The number of rotatable bonds is 11. The van der Waals surface area contributed by atoms with E-state index in [1.165, 1.54) is 11.3 Å². The van der Waals surface area contributed by atoms with Crippen molar-refractivity contribution in [3.05, 3.63) is 75.3 Å². The standard InChI is InChI=1S/C24H26ClF2N5O2S.CH2O2/c1-3-4-20(29-21(33)11-16-9-18(26)12-19(27)10-16)22(34)30-24-32-31-23(35-24)14(2)28-13-15-5-7-17(25)8-6-15;2-1-3/h5-10,12,14,20,28H,3-4,11,13H2,1-2H3,(H,29,33)(H,30,32,34);1H,(H,2,3). The fourth-order valence-electron chi connectivity index (χ4n) is 3.31. The number of nitrogens with one attached hydrogen (secondary N) is 3. The summed E-state index contributed by atoms with van der Waals surface area (Å²) in [6.45, 7) is 4.18. The summed E-state index contributed by atoms with van der Waals surface area (Å²) in [6.07, 6.45) is 0.779. The van der Waals surface area contributed by atoms with Gasteiger partial charge in [-0.25, -0.2) is 8.78 Å². The van der Waals surface area contributed by atoms with Gasteiger partial charge in [0.1, 0.15) is 22.7 Å². The summed E-state index contributed by atoms with van der Waals surface area (Å²) in [4.78, 5) is 33.5. The van der Waals surface area contributed by atoms with Gasteiger partial charge in [0.15, 0.2) is 0 Å². The molecule has 0 saturated carbocycles. The van der Waals surface area contributed by atoms with Crippen LogP contribution in [0.15, 0.2) is 42.5 Å². The number of aromatic nitrogens is 2. The van der Waals surface area contributed by atoms with Gasteiger partial charge in [0.05, 0.1) is 12.5 Å². The van der Waals surface area contributed by atoms with Crippen LogP contribution in [0.25, 0.3) is 0 Å². The predicted molar refractivity (Wildman–Crippen MR) is 141 cm³/mol. The number of anilines is 1. The Kier molecular flexibility index (Phi) is 12.7. The van der Waals surface area contributed by atoms with E-state index in [1.807, 2.05) is 38.1 Å². The van der Waals surface area contributed by atoms with Gasteiger partial charge in [0.2, 0.25) is 16.9 Å². The molecule has 2 amide bonds. The lowest BCUT2D eigenvalue weighted by Crippen LogP contribution is -2.44. The first kappa shape index (κ1) is 30.7. The Morgan fingerprint density at radius 3 is 2.34 bits per heavy atom. The van der Waals surface area contributed by atoms with Crippen molar-refractivity contribution in [1.29, 1.82) is 0 Å². The zero-order chi connectivity index (χ0) is 28.1. The Hall–Kier alpha value is -3.48. The quantitative estimate of drug-likeness (QED) is 0.251. The second kappa shape index (κ2) is 15.7. The zero-order valence-corrected chi connectivity index (χ0v) is 22.3. The predicted octanol–water partition coefficient (Wildman–Crippen LogP) is 4.49. The zero-order valence-electron chi connectivity index (χ0n) is 20.7. The van der Waals surface area contributed by atoms with Gasteiger partial charge in [0, 0.05) is 17.6 Å². The summed E-state index contributed by atoms with van der Waals surface area (Å²) in [7, 11) is 0. The number of benzene rings is 2. The molecule has 4 N–H and O–H groups in total. The molecule has 2 unspecified atom stereocenters. The van der Waals surface area contributed by atoms with E-state index in [-0.39, 0.29) is 24.5 Å². The van der Waals surface area contributed by atoms with Crippen molar-refractivity contribution in [2.45, 2.75) is 51.7 Å². The molecule has 204 valence electrons. The lowest BCUT2D eigenvalue weighted by molar-refractivity contribution is -0.126. The van der Waals surface area contributed by atoms with Crippen molar-refractivity contribution in [1.82, 2.24) is 20.8 Å². The summed E-state index contributed by atoms with van der Waals surface area (Å²) in [5.74, 6) is -2.48. The molecule has 2 aromatic carbocycles. The first-order valence-corrected chi connectivity index (χ1v) is 12.8. The molecule has 0 aliphatic rings. The van der Waals surface area contributed by atoms with Crippen LogP contribution in [0.1, 0.15) is 48.9 Å². The number of halogens is 3. The summed E-state index contributed by atoms with van der Waals surface area (Å²) in [5, 5.41) is 25.4. The fourth-order valence-corrected chi connectivity index (χ4v) is 4.21. The molecule has 0 radical (unpaired) electrons. The molecule has 3 rings (SSSR count). The van der Waals surface area contributed by atoms with Crippen molar-refractivity contribution in [3.63, 3.8) is 0 Å². The van der Waals surface area contributed by atoms with Crippen molar-refractivity contribution < 1.29 is 28.3 Å². The smallest absolute Gasteiger partial charge is 0.290 e. The highest BCUT2D eigenvalue weighted by molar-refractivity contribution is 7.15. The van der Waals surface area contributed by atoms with E-state index in [4.69, 9.17) is 21.5 Å². The highest BCUT2D eigenvalue weighted by atomic mass is 35.5. The van der Waals surface area contributed by atoms with Gasteiger partial charge in [-0.1, -0.05) is 48.4 Å². The van der Waals surface area contributed by atoms with E-state index in [1.54, 1.807) is 0 Å². The van der Waals surface area contributed by atoms with Gasteiger partial charge in [0.25, 0.3) is 6.47 Å². The molecular weight excluding hydrogens is 540 g/mol. The van der Waals surface area contributed by atoms with Gasteiger partial charge in [-0.15, -0.1) is 10.2 Å². The maximum atomic E-state index is 13.4. The van der Waals surface area contributed by atoms with Crippen LogP contribution in [-0.2, 0) is 27.3 Å². The second-order valence-corrected chi connectivity index (χ2v) is 9.58. The molecule has 2 atom stereocenters. The summed E-state index contributed by atoms with van der Waals surface area (Å²) in [6, 6.07) is 9.49. The number of carbonyl (C=O) groups excluding carboxylic acids is 2. The van der Waals surface area contributed by atoms with Crippen molar-refractivity contribution >= 4 is 46.4 Å². The monoisotopic (exact) mass is 567 g/mol. The van der Waals surface area contributed by atoms with Gasteiger partial charge < -0.3 is 15.7 Å². The minimum Gasteiger partial charge on any atom is -0.483 e. The van der Waals surface area contributed by atoms with Crippen LogP contribution in [0.3, 0.4) is 0 Å². The third kappa shape index (κ3) is 10.5. The summed E-state index contributed by atoms with van der Waals surface area (Å²) < 4.78 is 26.8. The second-order valence-electron chi connectivity index (χ2n) is 8.13. The first-order chi connectivity index (χ1) is 18.1. The lowest BCUT2D eigenvalue weighted by Gasteiger charge is -2.17. The van der Waals surface area contributed by atoms with E-state index in [9.17, 15) is 18.4 Å². The summed E-state index contributed by atoms with van der Waals surface area (Å²) in [5.41, 5.74) is 1.25. The topological polar surface area (TPSA) is 133 Å². The minimum atomic E-state index is -0.821. The molecule has 1 heterocycles. The van der Waals surface area contributed by atoms with Gasteiger partial charge in [-0.3, -0.25) is 19.7 Å². The minimum absolute atomic E-state index is 0.105. The highest BCUT2D eigenvalue weighted by Crippen LogP contribution is 2.22. The molecule has 1 aromatic heterocycles. The van der Waals surface area contributed by atoms with Gasteiger partial charge in [-0.2, -0.15) is 0 Å². The van der Waals surface area contributed by atoms with E-state index < -0.39 is 29.5 Å². The normalized spacial score (nSPS) is 12.0. The van der Waals surface area contributed by atoms with Crippen LogP contribution >= 0.6 is 22.9 Å². The fraction of sp³-hybridized carbons (Fsp3) is 0.320. The van der Waals surface area contributed by atoms with Crippen molar-refractivity contribution in [3.8, 4) is 0 Å². The molecule has 0 spiro atoms. The van der Waals surface area contributed by atoms with Crippen molar-refractivity contribution in [2.75, 3.05) is 5.32 Å². The average Bonchev–Trinajstić information content (AvgIpc) is 3.31. The van der Waals surface area contributed by atoms with Gasteiger partial charge >= 0.3 is 0 Å². The Morgan fingerprint density at radius 2 is 1.74 bits per heavy atom. The van der Waals surface area contributed by atoms with E-state index in [0.717, 1.165) is 23.8 Å². The molecule has 0 bridgehead atoms. The number of hydrogen-bond donors (Lipinski definition) is 4. The third-order valence-corrected chi connectivity index (χ3v) is 6.36. The number of amides is 2. The first-order valence-electron chi connectivity index (χ1n) is 11.6. The molecule has 9 nitrogen and oxygen atoms in total. The maximum Gasteiger partial charge on any atom is 0.290 e. The summed E-state index contributed by atoms with van der Waals surface area (Å²) >= 11 is 7.14. The Morgan fingerprint density at radius 1 is 1.11 bits per heavy atom. The number of nitrogens with zero attached hydrogens (tertiary/aromatic N) is 2. The van der Waals surface area contributed by atoms with E-state index in [0.29, 0.717) is 34.5 Å². The van der Waals surface area contributed by atoms with Crippen LogP contribution in [0, 0.1) is 11.6 Å². The Bertz CT molecular complexity index is 1190. The molecule has 0 aliphatic carbocycles. The van der Waals surface area contributed by atoms with E-state index >= 15 is 0 Å². The van der Waals surface area contributed by atoms with Crippen LogP contribution in [0.2, 0.25) is 5.02 Å². The van der Waals surface area contributed by atoms with Crippen LogP contribution in [-0.4, -0.2) is 39.6 Å². The molecule has 3 aromatic rings. The van der Waals surface area contributed by atoms with Crippen molar-refractivity contribution in [2.24, 2.45) is 0 Å². The van der Waals surface area contributed by atoms with Crippen LogP contribution in [0.5, 0.6) is 0 Å².